The molecule has 1 rings (SSSR count). The number of aliphatic carboxylic acids is 1. The largest absolute Gasteiger partial charge is 0.481 e. The van der Waals surface area contributed by atoms with E-state index < -0.39 is 17.9 Å². The van der Waals surface area contributed by atoms with Crippen molar-refractivity contribution in [3.63, 3.8) is 0 Å². The molecule has 2 amide bonds. The predicted octanol–water partition coefficient (Wildman–Crippen LogP) is 1.50. The summed E-state index contributed by atoms with van der Waals surface area (Å²) < 4.78 is 0. The Bertz CT molecular complexity index is 442. The summed E-state index contributed by atoms with van der Waals surface area (Å²) in [7, 11) is 0. The van der Waals surface area contributed by atoms with Crippen molar-refractivity contribution in [2.75, 3.05) is 13.1 Å². The number of carboxylic acids is 1. The first-order valence-corrected chi connectivity index (χ1v) is 7.80. The van der Waals surface area contributed by atoms with Gasteiger partial charge in [0.15, 0.2) is 0 Å². The van der Waals surface area contributed by atoms with E-state index in [-0.39, 0.29) is 29.7 Å². The van der Waals surface area contributed by atoms with Crippen LogP contribution in [0.1, 0.15) is 47.5 Å². The topological polar surface area (TPSA) is 86.7 Å². The summed E-state index contributed by atoms with van der Waals surface area (Å²) in [6.45, 7) is 10.2. The number of hydrogen-bond acceptors (Lipinski definition) is 3. The van der Waals surface area contributed by atoms with Crippen molar-refractivity contribution in [3.8, 4) is 0 Å². The Morgan fingerprint density at radius 1 is 1.27 bits per heavy atom. The van der Waals surface area contributed by atoms with Crippen molar-refractivity contribution < 1.29 is 19.5 Å². The number of hydrogen-bond donors (Lipinski definition) is 2. The van der Waals surface area contributed by atoms with Gasteiger partial charge in [-0.15, -0.1) is 0 Å². The molecule has 0 aliphatic carbocycles. The standard InChI is InChI=1S/C16H28N2O4/c1-10-6-12(15(21)22)9-18(8-10)14(20)11(2)17-13(19)7-16(3,4)5/h10-12H,6-9H2,1-5H3,(H,17,19)(H,21,22). The van der Waals surface area contributed by atoms with E-state index in [0.29, 0.717) is 19.4 Å². The first kappa shape index (κ1) is 18.5. The second-order valence-electron chi connectivity index (χ2n) is 7.65. The van der Waals surface area contributed by atoms with E-state index in [1.807, 2.05) is 27.7 Å². The van der Waals surface area contributed by atoms with Crippen molar-refractivity contribution in [1.29, 1.82) is 0 Å². The van der Waals surface area contributed by atoms with E-state index in [1.54, 1.807) is 11.8 Å². The summed E-state index contributed by atoms with van der Waals surface area (Å²) in [5, 5.41) is 11.9. The van der Waals surface area contributed by atoms with Crippen LogP contribution in [0.25, 0.3) is 0 Å². The molecule has 0 saturated carbocycles. The molecule has 2 N–H and O–H groups in total. The Balaban J connectivity index is 2.62. The number of nitrogens with one attached hydrogen (secondary N) is 1. The summed E-state index contributed by atoms with van der Waals surface area (Å²) in [5.74, 6) is -1.61. The molecule has 6 heteroatoms. The summed E-state index contributed by atoms with van der Waals surface area (Å²) >= 11 is 0. The number of piperidine rings is 1. The fourth-order valence-electron chi connectivity index (χ4n) is 2.82. The van der Waals surface area contributed by atoms with E-state index in [4.69, 9.17) is 5.11 Å². The maximum absolute atomic E-state index is 12.4. The minimum Gasteiger partial charge on any atom is -0.481 e. The molecule has 126 valence electrons. The van der Waals surface area contributed by atoms with Crippen LogP contribution in [0.15, 0.2) is 0 Å². The maximum atomic E-state index is 12.4. The fraction of sp³-hybridized carbons (Fsp3) is 0.812. The monoisotopic (exact) mass is 312 g/mol. The molecule has 6 nitrogen and oxygen atoms in total. The quantitative estimate of drug-likeness (QED) is 0.823. The molecule has 3 atom stereocenters. The maximum Gasteiger partial charge on any atom is 0.308 e. The lowest BCUT2D eigenvalue weighted by atomic mass is 9.90. The van der Waals surface area contributed by atoms with Crippen LogP contribution in [0.2, 0.25) is 0 Å². The molecular formula is C16H28N2O4. The van der Waals surface area contributed by atoms with Gasteiger partial charge in [-0.2, -0.15) is 0 Å². The van der Waals surface area contributed by atoms with Crippen LogP contribution in [0, 0.1) is 17.3 Å². The third kappa shape index (κ3) is 5.66. The smallest absolute Gasteiger partial charge is 0.308 e. The van der Waals surface area contributed by atoms with Gasteiger partial charge >= 0.3 is 5.97 Å². The van der Waals surface area contributed by atoms with Gasteiger partial charge in [0.25, 0.3) is 0 Å². The molecule has 1 aliphatic rings. The van der Waals surface area contributed by atoms with Gasteiger partial charge < -0.3 is 15.3 Å². The third-order valence-corrected chi connectivity index (χ3v) is 3.76. The number of nitrogens with zero attached hydrogens (tertiary/aromatic N) is 1. The van der Waals surface area contributed by atoms with Crippen molar-refractivity contribution in [2.45, 2.75) is 53.5 Å². The summed E-state index contributed by atoms with van der Waals surface area (Å²) in [6.07, 6.45) is 0.933. The molecule has 1 heterocycles. The van der Waals surface area contributed by atoms with Gasteiger partial charge in [0.05, 0.1) is 5.92 Å². The molecular weight excluding hydrogens is 284 g/mol. The second kappa shape index (κ2) is 7.11. The zero-order chi connectivity index (χ0) is 17.1. The van der Waals surface area contributed by atoms with Gasteiger partial charge in [-0.3, -0.25) is 14.4 Å². The number of likely N-dealkylation sites (tertiary alicyclic amines) is 1. The summed E-state index contributed by atoms with van der Waals surface area (Å²) in [6, 6.07) is -0.630. The minimum absolute atomic E-state index is 0.138. The van der Waals surface area contributed by atoms with E-state index >= 15 is 0 Å². The fourth-order valence-corrected chi connectivity index (χ4v) is 2.82. The second-order valence-corrected chi connectivity index (χ2v) is 7.65. The Hall–Kier alpha value is -1.59. The van der Waals surface area contributed by atoms with Crippen molar-refractivity contribution in [1.82, 2.24) is 10.2 Å². The lowest BCUT2D eigenvalue weighted by molar-refractivity contribution is -0.148. The van der Waals surface area contributed by atoms with E-state index in [0.717, 1.165) is 0 Å². The van der Waals surface area contributed by atoms with Crippen LogP contribution >= 0.6 is 0 Å². The van der Waals surface area contributed by atoms with Gasteiger partial charge in [-0.1, -0.05) is 27.7 Å². The lowest BCUT2D eigenvalue weighted by Crippen LogP contribution is -2.52. The van der Waals surface area contributed by atoms with Gasteiger partial charge in [-0.25, -0.2) is 0 Å². The highest BCUT2D eigenvalue weighted by atomic mass is 16.4. The lowest BCUT2D eigenvalue weighted by Gasteiger charge is -2.36. The Morgan fingerprint density at radius 2 is 1.86 bits per heavy atom. The third-order valence-electron chi connectivity index (χ3n) is 3.76. The average molecular weight is 312 g/mol. The zero-order valence-corrected chi connectivity index (χ0v) is 14.2. The van der Waals surface area contributed by atoms with Crippen LogP contribution < -0.4 is 5.32 Å². The minimum atomic E-state index is -0.867. The van der Waals surface area contributed by atoms with Crippen molar-refractivity contribution in [2.24, 2.45) is 17.3 Å². The van der Waals surface area contributed by atoms with Crippen LogP contribution in [0.3, 0.4) is 0 Å². The number of carbonyl (C=O) groups is 3. The summed E-state index contributed by atoms with van der Waals surface area (Å²) in [5.41, 5.74) is -0.138. The number of carbonyl (C=O) groups excluding carboxylic acids is 2. The molecule has 0 radical (unpaired) electrons. The highest BCUT2D eigenvalue weighted by Crippen LogP contribution is 2.22. The molecule has 1 fully saturated rings. The Kier molecular flexibility index (Phi) is 5.97. The zero-order valence-electron chi connectivity index (χ0n) is 14.2. The number of rotatable bonds is 4. The van der Waals surface area contributed by atoms with Crippen molar-refractivity contribution >= 4 is 17.8 Å². The van der Waals surface area contributed by atoms with Crippen molar-refractivity contribution in [3.05, 3.63) is 0 Å². The molecule has 22 heavy (non-hydrogen) atoms. The summed E-state index contributed by atoms with van der Waals surface area (Å²) in [4.78, 5) is 37.1. The van der Waals surface area contributed by atoms with Gasteiger partial charge in [0.2, 0.25) is 11.8 Å². The molecule has 0 aromatic carbocycles. The highest BCUT2D eigenvalue weighted by Gasteiger charge is 2.34. The van der Waals surface area contributed by atoms with Crippen LogP contribution in [-0.2, 0) is 14.4 Å². The molecule has 0 aromatic heterocycles. The first-order chi connectivity index (χ1) is 9.99. The van der Waals surface area contributed by atoms with Crippen LogP contribution in [0.5, 0.6) is 0 Å². The first-order valence-electron chi connectivity index (χ1n) is 7.80. The number of amides is 2. The molecule has 3 unspecified atom stereocenters. The van der Waals surface area contributed by atoms with Gasteiger partial charge in [0, 0.05) is 19.5 Å². The number of carboxylic acid groups (broad SMARTS) is 1. The molecule has 1 saturated heterocycles. The molecule has 0 aromatic rings. The average Bonchev–Trinajstić information content (AvgIpc) is 2.34. The van der Waals surface area contributed by atoms with E-state index in [2.05, 4.69) is 5.32 Å². The van der Waals surface area contributed by atoms with Gasteiger partial charge in [0.1, 0.15) is 6.04 Å². The molecule has 1 aliphatic heterocycles. The predicted molar refractivity (Wildman–Crippen MR) is 83.2 cm³/mol. The normalized spacial score (nSPS) is 23.8. The van der Waals surface area contributed by atoms with Crippen LogP contribution in [-0.4, -0.2) is 46.9 Å². The van der Waals surface area contributed by atoms with E-state index in [9.17, 15) is 14.4 Å². The van der Waals surface area contributed by atoms with Gasteiger partial charge in [-0.05, 0) is 24.7 Å². The highest BCUT2D eigenvalue weighted by molar-refractivity contribution is 5.88. The SMILES string of the molecule is CC1CC(C(=O)O)CN(C(=O)C(C)NC(=O)CC(C)(C)C)C1. The Labute approximate surface area is 132 Å². The van der Waals surface area contributed by atoms with Crippen LogP contribution in [0.4, 0.5) is 0 Å². The Morgan fingerprint density at radius 3 is 2.36 bits per heavy atom. The molecule has 0 bridgehead atoms. The van der Waals surface area contributed by atoms with E-state index in [1.165, 1.54) is 0 Å². The molecule has 0 spiro atoms.